The van der Waals surface area contributed by atoms with E-state index in [1.165, 1.54) is 12.1 Å². The minimum absolute atomic E-state index is 0.344. The van der Waals surface area contributed by atoms with Crippen LogP contribution in [0.3, 0.4) is 0 Å². The standard InChI is InChI=1S/C12H10ClFN2/c13-11-7-8(14)1-6-12(11)16-10-4-2-9(15)3-5-10/h1-7,16H,15H2. The zero-order valence-corrected chi connectivity index (χ0v) is 9.13. The van der Waals surface area contributed by atoms with Crippen molar-refractivity contribution in [3.8, 4) is 0 Å². The van der Waals surface area contributed by atoms with Gasteiger partial charge in [-0.25, -0.2) is 4.39 Å². The van der Waals surface area contributed by atoms with Crippen LogP contribution in [-0.4, -0.2) is 0 Å². The molecule has 82 valence electrons. The van der Waals surface area contributed by atoms with Crippen molar-refractivity contribution in [3.63, 3.8) is 0 Å². The highest BCUT2D eigenvalue weighted by atomic mass is 35.5. The van der Waals surface area contributed by atoms with Gasteiger partial charge in [-0.05, 0) is 42.5 Å². The molecular formula is C12H10ClFN2. The molecule has 0 fully saturated rings. The number of halogens is 2. The number of benzene rings is 2. The van der Waals surface area contributed by atoms with Crippen LogP contribution in [0.2, 0.25) is 5.02 Å². The number of anilines is 3. The van der Waals surface area contributed by atoms with E-state index in [1.54, 1.807) is 18.2 Å². The summed E-state index contributed by atoms with van der Waals surface area (Å²) in [6, 6.07) is 11.4. The molecule has 2 aromatic rings. The quantitative estimate of drug-likeness (QED) is 0.779. The summed E-state index contributed by atoms with van der Waals surface area (Å²) < 4.78 is 12.8. The Hall–Kier alpha value is -1.74. The normalized spacial score (nSPS) is 10.1. The van der Waals surface area contributed by atoms with Crippen LogP contribution in [0.1, 0.15) is 0 Å². The fourth-order valence-electron chi connectivity index (χ4n) is 1.31. The average Bonchev–Trinajstić information content (AvgIpc) is 2.25. The number of nitrogens with two attached hydrogens (primary N) is 1. The molecule has 0 bridgehead atoms. The molecule has 16 heavy (non-hydrogen) atoms. The fourth-order valence-corrected chi connectivity index (χ4v) is 1.53. The summed E-state index contributed by atoms with van der Waals surface area (Å²) in [5.41, 5.74) is 7.77. The first-order chi connectivity index (χ1) is 7.65. The van der Waals surface area contributed by atoms with Crippen molar-refractivity contribution in [1.82, 2.24) is 0 Å². The van der Waals surface area contributed by atoms with E-state index in [0.29, 0.717) is 16.4 Å². The third-order valence-electron chi connectivity index (χ3n) is 2.12. The van der Waals surface area contributed by atoms with Gasteiger partial charge in [0.05, 0.1) is 10.7 Å². The van der Waals surface area contributed by atoms with Crippen LogP contribution in [0.5, 0.6) is 0 Å². The van der Waals surface area contributed by atoms with Gasteiger partial charge >= 0.3 is 0 Å². The largest absolute Gasteiger partial charge is 0.399 e. The van der Waals surface area contributed by atoms with Crippen LogP contribution in [0, 0.1) is 5.82 Å². The number of hydrogen-bond acceptors (Lipinski definition) is 2. The molecule has 0 aromatic heterocycles. The lowest BCUT2D eigenvalue weighted by Gasteiger charge is -2.08. The summed E-state index contributed by atoms with van der Waals surface area (Å²) in [5.74, 6) is -0.354. The number of hydrogen-bond donors (Lipinski definition) is 2. The minimum Gasteiger partial charge on any atom is -0.399 e. The average molecular weight is 237 g/mol. The van der Waals surface area contributed by atoms with Gasteiger partial charge in [0.1, 0.15) is 5.82 Å². The van der Waals surface area contributed by atoms with E-state index in [4.69, 9.17) is 17.3 Å². The number of rotatable bonds is 2. The van der Waals surface area contributed by atoms with Gasteiger partial charge in [-0.3, -0.25) is 0 Å². The number of nitrogen functional groups attached to an aromatic ring is 1. The van der Waals surface area contributed by atoms with Crippen LogP contribution in [0.15, 0.2) is 42.5 Å². The molecule has 0 unspecified atom stereocenters. The molecule has 2 rings (SSSR count). The summed E-state index contributed by atoms with van der Waals surface area (Å²) in [6.07, 6.45) is 0. The van der Waals surface area contributed by atoms with Crippen LogP contribution in [0.25, 0.3) is 0 Å². The molecule has 0 saturated carbocycles. The molecule has 0 amide bonds. The van der Waals surface area contributed by atoms with Gasteiger partial charge in [0.25, 0.3) is 0 Å². The lowest BCUT2D eigenvalue weighted by Crippen LogP contribution is -1.92. The van der Waals surface area contributed by atoms with E-state index >= 15 is 0 Å². The minimum atomic E-state index is -0.354. The second-order valence-electron chi connectivity index (χ2n) is 3.37. The van der Waals surface area contributed by atoms with Crippen molar-refractivity contribution in [2.24, 2.45) is 0 Å². The lowest BCUT2D eigenvalue weighted by atomic mass is 10.2. The van der Waals surface area contributed by atoms with Crippen molar-refractivity contribution in [2.45, 2.75) is 0 Å². The predicted molar refractivity (Wildman–Crippen MR) is 65.5 cm³/mol. The van der Waals surface area contributed by atoms with Gasteiger partial charge in [0.15, 0.2) is 0 Å². The van der Waals surface area contributed by atoms with E-state index in [1.807, 2.05) is 12.1 Å². The SMILES string of the molecule is Nc1ccc(Nc2ccc(F)cc2Cl)cc1. The second kappa shape index (κ2) is 4.41. The zero-order valence-electron chi connectivity index (χ0n) is 8.37. The molecule has 4 heteroatoms. The fraction of sp³-hybridized carbons (Fsp3) is 0. The lowest BCUT2D eigenvalue weighted by molar-refractivity contribution is 0.628. The van der Waals surface area contributed by atoms with Crippen molar-refractivity contribution in [2.75, 3.05) is 11.1 Å². The van der Waals surface area contributed by atoms with Crippen LogP contribution >= 0.6 is 11.6 Å². The van der Waals surface area contributed by atoms with E-state index < -0.39 is 0 Å². The monoisotopic (exact) mass is 236 g/mol. The van der Waals surface area contributed by atoms with Gasteiger partial charge in [0.2, 0.25) is 0 Å². The van der Waals surface area contributed by atoms with Crippen LogP contribution in [0.4, 0.5) is 21.5 Å². The Bertz CT molecular complexity index is 497. The Labute approximate surface area is 97.8 Å². The van der Waals surface area contributed by atoms with Gasteiger partial charge in [-0.15, -0.1) is 0 Å². The molecular weight excluding hydrogens is 227 g/mol. The highest BCUT2D eigenvalue weighted by Crippen LogP contribution is 2.26. The van der Waals surface area contributed by atoms with Gasteiger partial charge < -0.3 is 11.1 Å². The van der Waals surface area contributed by atoms with E-state index in [9.17, 15) is 4.39 Å². The van der Waals surface area contributed by atoms with Crippen LogP contribution < -0.4 is 11.1 Å². The van der Waals surface area contributed by atoms with E-state index in [0.717, 1.165) is 5.69 Å². The van der Waals surface area contributed by atoms with Gasteiger partial charge in [-0.2, -0.15) is 0 Å². The molecule has 0 atom stereocenters. The van der Waals surface area contributed by atoms with Gasteiger partial charge in [-0.1, -0.05) is 11.6 Å². The molecule has 2 aromatic carbocycles. The highest BCUT2D eigenvalue weighted by Gasteiger charge is 2.01. The molecule has 0 saturated heterocycles. The Morgan fingerprint density at radius 1 is 1.06 bits per heavy atom. The summed E-state index contributed by atoms with van der Waals surface area (Å²) in [6.45, 7) is 0. The molecule has 0 aliphatic carbocycles. The molecule has 3 N–H and O–H groups in total. The first-order valence-corrected chi connectivity index (χ1v) is 5.10. The predicted octanol–water partition coefficient (Wildman–Crippen LogP) is 3.80. The first-order valence-electron chi connectivity index (χ1n) is 4.73. The van der Waals surface area contributed by atoms with Crippen molar-refractivity contribution >= 4 is 28.7 Å². The van der Waals surface area contributed by atoms with Crippen molar-refractivity contribution < 1.29 is 4.39 Å². The second-order valence-corrected chi connectivity index (χ2v) is 3.78. The topological polar surface area (TPSA) is 38.0 Å². The maximum Gasteiger partial charge on any atom is 0.124 e. The smallest absolute Gasteiger partial charge is 0.124 e. The van der Waals surface area contributed by atoms with Gasteiger partial charge in [0, 0.05) is 11.4 Å². The Morgan fingerprint density at radius 2 is 1.75 bits per heavy atom. The maximum absolute atomic E-state index is 12.8. The molecule has 0 aliphatic heterocycles. The summed E-state index contributed by atoms with van der Waals surface area (Å²) in [7, 11) is 0. The Morgan fingerprint density at radius 3 is 2.38 bits per heavy atom. The van der Waals surface area contributed by atoms with Crippen molar-refractivity contribution in [3.05, 3.63) is 53.3 Å². The third kappa shape index (κ3) is 2.44. The summed E-state index contributed by atoms with van der Waals surface area (Å²) >= 11 is 5.88. The Kier molecular flexibility index (Phi) is 2.97. The third-order valence-corrected chi connectivity index (χ3v) is 2.43. The molecule has 0 aliphatic rings. The molecule has 0 heterocycles. The highest BCUT2D eigenvalue weighted by molar-refractivity contribution is 6.33. The first kappa shape index (κ1) is 10.8. The molecule has 0 radical (unpaired) electrons. The van der Waals surface area contributed by atoms with E-state index in [2.05, 4.69) is 5.32 Å². The van der Waals surface area contributed by atoms with E-state index in [-0.39, 0.29) is 5.82 Å². The zero-order chi connectivity index (χ0) is 11.5. The number of nitrogens with one attached hydrogen (secondary N) is 1. The summed E-state index contributed by atoms with van der Waals surface area (Å²) in [4.78, 5) is 0. The molecule has 2 nitrogen and oxygen atoms in total. The summed E-state index contributed by atoms with van der Waals surface area (Å²) in [5, 5.41) is 3.42. The Balaban J connectivity index is 2.23. The van der Waals surface area contributed by atoms with Crippen LogP contribution in [-0.2, 0) is 0 Å². The maximum atomic E-state index is 12.8. The van der Waals surface area contributed by atoms with Crippen molar-refractivity contribution in [1.29, 1.82) is 0 Å². The molecule has 0 spiro atoms.